The number of allylic oxidation sites excluding steroid dienone is 2. The van der Waals surface area contributed by atoms with Crippen LogP contribution in [0.4, 0.5) is 0 Å². The van der Waals surface area contributed by atoms with Gasteiger partial charge in [0.25, 0.3) is 0 Å². The van der Waals surface area contributed by atoms with Gasteiger partial charge in [0, 0.05) is 5.54 Å². The molecule has 0 unspecified atom stereocenters. The largest absolute Gasteiger partial charge is 0.252 e. The van der Waals surface area contributed by atoms with Gasteiger partial charge < -0.3 is 0 Å². The topological polar surface area (TPSA) is 23.8 Å². The van der Waals surface area contributed by atoms with Crippen molar-refractivity contribution in [3.05, 3.63) is 12.2 Å². The minimum atomic E-state index is -0.218. The first-order valence-electron chi connectivity index (χ1n) is 8.96. The summed E-state index contributed by atoms with van der Waals surface area (Å²) in [6.45, 7) is 6.29. The molecule has 1 radical (unpaired) electrons. The van der Waals surface area contributed by atoms with E-state index in [9.17, 15) is 0 Å². The van der Waals surface area contributed by atoms with Crippen LogP contribution in [0.1, 0.15) is 104 Å². The second-order valence-corrected chi connectivity index (χ2v) is 6.86. The van der Waals surface area contributed by atoms with Gasteiger partial charge in [0.2, 0.25) is 0 Å². The van der Waals surface area contributed by atoms with Crippen molar-refractivity contribution in [2.24, 2.45) is 0 Å². The van der Waals surface area contributed by atoms with Crippen LogP contribution in [0.15, 0.2) is 12.2 Å². The lowest BCUT2D eigenvalue weighted by molar-refractivity contribution is 0.427. The first kappa shape index (κ1) is 19.7. The molecule has 0 saturated carbocycles. The monoisotopic (exact) mass is 280 g/mol. The zero-order chi connectivity index (χ0) is 15.1. The Morgan fingerprint density at radius 1 is 0.700 bits per heavy atom. The van der Waals surface area contributed by atoms with Crippen LogP contribution in [0.5, 0.6) is 0 Å². The van der Waals surface area contributed by atoms with Gasteiger partial charge in [0.05, 0.1) is 0 Å². The quantitative estimate of drug-likeness (QED) is 0.250. The second-order valence-electron chi connectivity index (χ2n) is 6.86. The molecule has 0 aromatic heterocycles. The maximum atomic E-state index is 7.79. The molecule has 0 rings (SSSR count). The van der Waals surface area contributed by atoms with Gasteiger partial charge >= 0.3 is 0 Å². The third-order valence-corrected chi connectivity index (χ3v) is 3.81. The van der Waals surface area contributed by atoms with Crippen LogP contribution in [-0.4, -0.2) is 5.54 Å². The maximum Gasteiger partial charge on any atom is 0.0267 e. The molecule has 0 spiro atoms. The van der Waals surface area contributed by atoms with Crippen LogP contribution < -0.4 is 5.73 Å². The summed E-state index contributed by atoms with van der Waals surface area (Å²) in [4.78, 5) is 0. The molecular weight excluding hydrogens is 242 g/mol. The molecule has 0 aliphatic heterocycles. The van der Waals surface area contributed by atoms with Gasteiger partial charge in [0.1, 0.15) is 0 Å². The lowest BCUT2D eigenvalue weighted by Gasteiger charge is -2.16. The molecule has 0 fully saturated rings. The predicted molar refractivity (Wildman–Crippen MR) is 92.0 cm³/mol. The van der Waals surface area contributed by atoms with Crippen molar-refractivity contribution in [1.29, 1.82) is 0 Å². The lowest BCUT2D eigenvalue weighted by atomic mass is 9.97. The van der Waals surface area contributed by atoms with Crippen LogP contribution in [0.2, 0.25) is 0 Å². The van der Waals surface area contributed by atoms with Crippen molar-refractivity contribution in [2.75, 3.05) is 0 Å². The molecule has 0 aliphatic carbocycles. The number of nitrogens with one attached hydrogen (secondary N) is 1. The van der Waals surface area contributed by atoms with E-state index in [1.807, 2.05) is 13.8 Å². The van der Waals surface area contributed by atoms with Crippen molar-refractivity contribution in [1.82, 2.24) is 5.73 Å². The molecule has 0 heterocycles. The molecular formula is C19H38N. The summed E-state index contributed by atoms with van der Waals surface area (Å²) in [6, 6.07) is 0. The zero-order valence-electron chi connectivity index (χ0n) is 14.3. The Morgan fingerprint density at radius 3 is 1.65 bits per heavy atom. The van der Waals surface area contributed by atoms with Crippen molar-refractivity contribution < 1.29 is 0 Å². The Balaban J connectivity index is 3.08. The van der Waals surface area contributed by atoms with Crippen molar-refractivity contribution in [3.8, 4) is 0 Å². The van der Waals surface area contributed by atoms with Crippen molar-refractivity contribution >= 4 is 0 Å². The Bertz CT molecular complexity index is 212. The Kier molecular flexibility index (Phi) is 13.5. The predicted octanol–water partition coefficient (Wildman–Crippen LogP) is 6.70. The summed E-state index contributed by atoms with van der Waals surface area (Å²) in [6.07, 6.45) is 21.9. The fraction of sp³-hybridized carbons (Fsp3) is 0.895. The standard InChI is InChI=1S/C19H38N/c1-4-5-6-7-8-9-10-11-12-13-14-15-16-17-18-19(2,3)20/h7-8,20H,4-6,9-18H2,1-3H3/b8-7+. The molecule has 0 saturated heterocycles. The van der Waals surface area contributed by atoms with E-state index < -0.39 is 0 Å². The van der Waals surface area contributed by atoms with Gasteiger partial charge in [0.15, 0.2) is 0 Å². The van der Waals surface area contributed by atoms with Gasteiger partial charge in [-0.1, -0.05) is 76.9 Å². The number of rotatable bonds is 14. The van der Waals surface area contributed by atoms with Crippen molar-refractivity contribution in [3.63, 3.8) is 0 Å². The number of unbranched alkanes of at least 4 members (excludes halogenated alkanes) is 10. The van der Waals surface area contributed by atoms with Gasteiger partial charge in [-0.25, -0.2) is 0 Å². The Hall–Kier alpha value is -0.300. The van der Waals surface area contributed by atoms with E-state index in [1.54, 1.807) is 0 Å². The second kappa shape index (κ2) is 13.7. The van der Waals surface area contributed by atoms with Gasteiger partial charge in [-0.15, -0.1) is 0 Å². The van der Waals surface area contributed by atoms with E-state index in [0.717, 1.165) is 6.42 Å². The van der Waals surface area contributed by atoms with Gasteiger partial charge in [-0.05, 0) is 39.5 Å². The average Bonchev–Trinajstić information content (AvgIpc) is 2.38. The smallest absolute Gasteiger partial charge is 0.0267 e. The van der Waals surface area contributed by atoms with E-state index in [2.05, 4.69) is 19.1 Å². The highest BCUT2D eigenvalue weighted by Gasteiger charge is 2.09. The van der Waals surface area contributed by atoms with Crippen LogP contribution in [-0.2, 0) is 0 Å². The maximum absolute atomic E-state index is 7.79. The highest BCUT2D eigenvalue weighted by atomic mass is 14.7. The Morgan fingerprint density at radius 2 is 1.15 bits per heavy atom. The summed E-state index contributed by atoms with van der Waals surface area (Å²) >= 11 is 0. The van der Waals surface area contributed by atoms with Gasteiger partial charge in [-0.3, -0.25) is 5.73 Å². The molecule has 0 aliphatic rings. The van der Waals surface area contributed by atoms with E-state index in [0.29, 0.717) is 0 Å². The Labute approximate surface area is 128 Å². The zero-order valence-corrected chi connectivity index (χ0v) is 14.3. The highest BCUT2D eigenvalue weighted by molar-refractivity contribution is 4.81. The molecule has 0 amide bonds. The molecule has 0 bridgehead atoms. The summed E-state index contributed by atoms with van der Waals surface area (Å²) in [5.41, 5.74) is 7.57. The first-order chi connectivity index (χ1) is 9.56. The van der Waals surface area contributed by atoms with E-state index in [4.69, 9.17) is 5.73 Å². The third-order valence-electron chi connectivity index (χ3n) is 3.81. The van der Waals surface area contributed by atoms with E-state index in [-0.39, 0.29) is 5.54 Å². The molecule has 0 atom stereocenters. The number of hydrogen-bond acceptors (Lipinski definition) is 0. The fourth-order valence-corrected chi connectivity index (χ4v) is 2.45. The average molecular weight is 281 g/mol. The molecule has 0 aromatic rings. The summed E-state index contributed by atoms with van der Waals surface area (Å²) in [7, 11) is 0. The molecule has 0 aromatic carbocycles. The molecule has 119 valence electrons. The summed E-state index contributed by atoms with van der Waals surface area (Å²) < 4.78 is 0. The summed E-state index contributed by atoms with van der Waals surface area (Å²) in [5.74, 6) is 0. The SMILES string of the molecule is CCCC/C=C/CCCCCCCCCCC(C)(C)[NH]. The number of hydrogen-bond donors (Lipinski definition) is 0. The lowest BCUT2D eigenvalue weighted by Crippen LogP contribution is -2.20. The minimum Gasteiger partial charge on any atom is -0.252 e. The minimum absolute atomic E-state index is 0.218. The van der Waals surface area contributed by atoms with Crippen LogP contribution in [0.25, 0.3) is 0 Å². The fourth-order valence-electron chi connectivity index (χ4n) is 2.45. The highest BCUT2D eigenvalue weighted by Crippen LogP contribution is 2.15. The first-order valence-corrected chi connectivity index (χ1v) is 8.96. The third kappa shape index (κ3) is 17.7. The van der Waals surface area contributed by atoms with Crippen molar-refractivity contribution in [2.45, 2.75) is 110 Å². The van der Waals surface area contributed by atoms with E-state index in [1.165, 1.54) is 77.0 Å². The van der Waals surface area contributed by atoms with Crippen LogP contribution in [0, 0.1) is 0 Å². The molecule has 20 heavy (non-hydrogen) atoms. The van der Waals surface area contributed by atoms with E-state index >= 15 is 0 Å². The molecule has 1 heteroatoms. The normalized spacial score (nSPS) is 12.4. The van der Waals surface area contributed by atoms with Gasteiger partial charge in [-0.2, -0.15) is 0 Å². The molecule has 1 N–H and O–H groups in total. The molecule has 1 nitrogen and oxygen atoms in total. The van der Waals surface area contributed by atoms with Crippen LogP contribution >= 0.6 is 0 Å². The summed E-state index contributed by atoms with van der Waals surface area (Å²) in [5, 5.41) is 0. The van der Waals surface area contributed by atoms with Crippen LogP contribution in [0.3, 0.4) is 0 Å².